The molecule has 8 nitrogen and oxygen atoms in total. The molecule has 0 saturated carbocycles. The molecule has 11 heteroatoms. The minimum Gasteiger partial charge on any atom is -0.497 e. The Kier molecular flexibility index (Phi) is 7.09. The van der Waals surface area contributed by atoms with E-state index < -0.39 is 21.7 Å². The molecular formula is C28H25ClFN3O5S. The van der Waals surface area contributed by atoms with Crippen molar-refractivity contribution in [2.75, 3.05) is 24.7 Å². The number of methoxy groups -OCH3 is 1. The zero-order valence-corrected chi connectivity index (χ0v) is 23.0. The average molecular weight is 570 g/mol. The molecule has 0 N–H and O–H groups in total. The molecule has 0 atom stereocenters. The van der Waals surface area contributed by atoms with Crippen LogP contribution in [0, 0.1) is 5.82 Å². The minimum atomic E-state index is -3.70. The molecule has 0 bridgehead atoms. The second kappa shape index (κ2) is 10.3. The molecule has 3 aromatic carbocycles. The number of sulfonamides is 1. The van der Waals surface area contributed by atoms with Crippen molar-refractivity contribution in [3.63, 3.8) is 0 Å². The van der Waals surface area contributed by atoms with Crippen LogP contribution in [0.4, 0.5) is 10.1 Å². The zero-order valence-electron chi connectivity index (χ0n) is 21.4. The van der Waals surface area contributed by atoms with Crippen LogP contribution in [0.2, 0.25) is 5.02 Å². The third-order valence-corrected chi connectivity index (χ3v) is 8.08. The van der Waals surface area contributed by atoms with Gasteiger partial charge in [-0.2, -0.15) is 0 Å². The molecule has 2 heterocycles. The van der Waals surface area contributed by atoms with E-state index in [0.717, 1.165) is 16.1 Å². The Bertz CT molecular complexity index is 1700. The third kappa shape index (κ3) is 5.09. The summed E-state index contributed by atoms with van der Waals surface area (Å²) in [5.41, 5.74) is 2.40. The van der Waals surface area contributed by atoms with E-state index in [1.54, 1.807) is 37.6 Å². The number of aromatic nitrogens is 1. The molecule has 5 rings (SSSR count). The number of anilines is 1. The van der Waals surface area contributed by atoms with Crippen molar-refractivity contribution in [1.82, 2.24) is 9.88 Å². The predicted molar refractivity (Wildman–Crippen MR) is 147 cm³/mol. The van der Waals surface area contributed by atoms with Crippen molar-refractivity contribution in [2.24, 2.45) is 0 Å². The topological polar surface area (TPSA) is 89.0 Å². The summed E-state index contributed by atoms with van der Waals surface area (Å²) in [6.45, 7) is 0.0994. The number of hydrogen-bond acceptors (Lipinski definition) is 6. The van der Waals surface area contributed by atoms with Gasteiger partial charge in [-0.05, 0) is 48.0 Å². The second-order valence-electron chi connectivity index (χ2n) is 9.20. The first-order chi connectivity index (χ1) is 18.6. The number of ether oxygens (including phenoxy) is 2. The molecule has 202 valence electrons. The minimum absolute atomic E-state index is 0.0407. The van der Waals surface area contributed by atoms with Gasteiger partial charge in [0.05, 0.1) is 24.6 Å². The number of hydrogen-bond donors (Lipinski definition) is 0. The van der Waals surface area contributed by atoms with E-state index >= 15 is 0 Å². The summed E-state index contributed by atoms with van der Waals surface area (Å²) in [7, 11) is -0.697. The van der Waals surface area contributed by atoms with Crippen LogP contribution in [0.15, 0.2) is 60.8 Å². The smallest absolute Gasteiger partial charge is 0.258 e. The van der Waals surface area contributed by atoms with Crippen LogP contribution >= 0.6 is 11.6 Å². The fraction of sp³-hybridized carbons (Fsp3) is 0.214. The van der Waals surface area contributed by atoms with E-state index in [4.69, 9.17) is 21.1 Å². The Morgan fingerprint density at radius 3 is 2.59 bits per heavy atom. The van der Waals surface area contributed by atoms with Crippen molar-refractivity contribution >= 4 is 44.1 Å². The Morgan fingerprint density at radius 1 is 1.15 bits per heavy atom. The molecule has 1 aromatic heterocycles. The number of carbonyl (C=O) groups excluding carboxylic acids is 1. The van der Waals surface area contributed by atoms with E-state index in [-0.39, 0.29) is 36.6 Å². The van der Waals surface area contributed by atoms with Crippen LogP contribution in [-0.4, -0.2) is 44.6 Å². The van der Waals surface area contributed by atoms with Crippen LogP contribution in [0.25, 0.3) is 10.9 Å². The fourth-order valence-corrected chi connectivity index (χ4v) is 5.39. The second-order valence-corrected chi connectivity index (χ2v) is 11.6. The van der Waals surface area contributed by atoms with Gasteiger partial charge in [-0.3, -0.25) is 14.1 Å². The Morgan fingerprint density at radius 2 is 1.90 bits per heavy atom. The first-order valence-corrected chi connectivity index (χ1v) is 14.2. The summed E-state index contributed by atoms with van der Waals surface area (Å²) in [5, 5.41) is 0.851. The molecule has 39 heavy (non-hydrogen) atoms. The number of halogens is 2. The van der Waals surface area contributed by atoms with Gasteiger partial charge in [0.2, 0.25) is 10.0 Å². The summed E-state index contributed by atoms with van der Waals surface area (Å²) < 4.78 is 52.5. The highest BCUT2D eigenvalue weighted by Gasteiger charge is 2.38. The maximum Gasteiger partial charge on any atom is 0.258 e. The highest BCUT2D eigenvalue weighted by atomic mass is 35.5. The lowest BCUT2D eigenvalue weighted by molar-refractivity contribution is 0.0762. The van der Waals surface area contributed by atoms with Gasteiger partial charge < -0.3 is 14.4 Å². The van der Waals surface area contributed by atoms with E-state index in [1.165, 1.54) is 30.1 Å². The quantitative estimate of drug-likeness (QED) is 0.291. The lowest BCUT2D eigenvalue weighted by Crippen LogP contribution is -2.26. The maximum absolute atomic E-state index is 14.6. The summed E-state index contributed by atoms with van der Waals surface area (Å²) in [6.07, 6.45) is 2.64. The Hall–Kier alpha value is -3.89. The molecule has 1 aliphatic heterocycles. The summed E-state index contributed by atoms with van der Waals surface area (Å²) >= 11 is 6.08. The normalized spacial score (nSPS) is 13.1. The predicted octanol–water partition coefficient (Wildman–Crippen LogP) is 5.17. The SMILES string of the molecule is COc1ccc(COc2c3c(c(N(C)S(C)(=O)=O)c4cccnc24)CN(Cc2cc(Cl)ccc2F)C3=O)cc1. The third-order valence-electron chi connectivity index (χ3n) is 6.67. The van der Waals surface area contributed by atoms with Gasteiger partial charge in [0.25, 0.3) is 5.91 Å². The van der Waals surface area contributed by atoms with Crippen LogP contribution in [0.1, 0.15) is 27.0 Å². The Balaban J connectivity index is 1.65. The first kappa shape index (κ1) is 26.7. The van der Waals surface area contributed by atoms with Crippen molar-refractivity contribution in [2.45, 2.75) is 19.7 Å². The van der Waals surface area contributed by atoms with Gasteiger partial charge in [0, 0.05) is 47.9 Å². The number of fused-ring (bicyclic) bond motifs is 2. The molecule has 1 aliphatic rings. The summed E-state index contributed by atoms with van der Waals surface area (Å²) in [6, 6.07) is 14.9. The lowest BCUT2D eigenvalue weighted by atomic mass is 10.0. The molecule has 0 radical (unpaired) electrons. The fourth-order valence-electron chi connectivity index (χ4n) is 4.66. The summed E-state index contributed by atoms with van der Waals surface area (Å²) in [5.74, 6) is 0.00405. The molecular weight excluding hydrogens is 545 g/mol. The van der Waals surface area contributed by atoms with Gasteiger partial charge >= 0.3 is 0 Å². The van der Waals surface area contributed by atoms with E-state index in [9.17, 15) is 17.6 Å². The maximum atomic E-state index is 14.6. The van der Waals surface area contributed by atoms with Gasteiger partial charge in [0.15, 0.2) is 5.75 Å². The van der Waals surface area contributed by atoms with Crippen molar-refractivity contribution in [1.29, 1.82) is 0 Å². The molecule has 0 saturated heterocycles. The monoisotopic (exact) mass is 569 g/mol. The molecule has 0 unspecified atom stereocenters. The number of nitrogens with zero attached hydrogens (tertiary/aromatic N) is 3. The number of pyridine rings is 1. The van der Waals surface area contributed by atoms with Crippen LogP contribution in [0.3, 0.4) is 0 Å². The standard InChI is InChI=1S/C28H25ClFN3O5S/c1-32(39(3,35)36)26-21-5-4-12-31-25(21)27(38-16-17-6-9-20(37-2)10-7-17)24-22(26)15-33(28(24)34)14-18-13-19(29)8-11-23(18)30/h4-13H,14-16H2,1-3H3. The summed E-state index contributed by atoms with van der Waals surface area (Å²) in [4.78, 5) is 19.8. The zero-order chi connectivity index (χ0) is 27.9. The number of amides is 1. The van der Waals surface area contributed by atoms with Gasteiger partial charge in [0.1, 0.15) is 23.7 Å². The van der Waals surface area contributed by atoms with E-state index in [0.29, 0.717) is 32.9 Å². The van der Waals surface area contributed by atoms with Gasteiger partial charge in [-0.1, -0.05) is 23.7 Å². The average Bonchev–Trinajstić information content (AvgIpc) is 3.23. The van der Waals surface area contributed by atoms with Crippen molar-refractivity contribution < 1.29 is 27.1 Å². The number of benzene rings is 3. The molecule has 0 spiro atoms. The van der Waals surface area contributed by atoms with Gasteiger partial charge in [-0.15, -0.1) is 0 Å². The van der Waals surface area contributed by atoms with Crippen LogP contribution in [-0.2, 0) is 29.7 Å². The van der Waals surface area contributed by atoms with E-state index in [1.807, 2.05) is 12.1 Å². The largest absolute Gasteiger partial charge is 0.497 e. The first-order valence-electron chi connectivity index (χ1n) is 11.9. The molecule has 4 aromatic rings. The lowest BCUT2D eigenvalue weighted by Gasteiger charge is -2.23. The highest BCUT2D eigenvalue weighted by molar-refractivity contribution is 7.92. The van der Waals surface area contributed by atoms with Crippen molar-refractivity contribution in [3.8, 4) is 11.5 Å². The number of carbonyl (C=O) groups is 1. The molecule has 0 aliphatic carbocycles. The highest BCUT2D eigenvalue weighted by Crippen LogP contribution is 2.45. The number of rotatable bonds is 8. The van der Waals surface area contributed by atoms with E-state index in [2.05, 4.69) is 4.98 Å². The molecule has 0 fully saturated rings. The van der Waals surface area contributed by atoms with Gasteiger partial charge in [-0.25, -0.2) is 12.8 Å². The van der Waals surface area contributed by atoms with Crippen LogP contribution < -0.4 is 13.8 Å². The Labute approximate surface area is 230 Å². The van der Waals surface area contributed by atoms with Crippen molar-refractivity contribution in [3.05, 3.63) is 93.9 Å². The van der Waals surface area contributed by atoms with Crippen LogP contribution in [0.5, 0.6) is 11.5 Å². The molecule has 1 amide bonds.